The minimum absolute atomic E-state index is 0.0318. The topological polar surface area (TPSA) is 146 Å². The van der Waals surface area contributed by atoms with Crippen LogP contribution in [0.3, 0.4) is 0 Å². The molecule has 2 atom stereocenters. The summed E-state index contributed by atoms with van der Waals surface area (Å²) in [4.78, 5) is 34.0. The molecular formula is C17H17N5O6. The lowest BCUT2D eigenvalue weighted by Gasteiger charge is -2.37. The van der Waals surface area contributed by atoms with Crippen molar-refractivity contribution in [3.8, 4) is 0 Å². The number of carboxylic acid groups (broad SMARTS) is 1. The third-order valence-corrected chi connectivity index (χ3v) is 4.05. The van der Waals surface area contributed by atoms with Crippen LogP contribution in [0.4, 0.5) is 10.5 Å². The molecule has 2 aromatic rings. The van der Waals surface area contributed by atoms with Gasteiger partial charge in [-0.25, -0.2) is 15.6 Å². The predicted molar refractivity (Wildman–Crippen MR) is 95.1 cm³/mol. The van der Waals surface area contributed by atoms with Gasteiger partial charge in [-0.15, -0.1) is 5.53 Å². The molecule has 11 nitrogen and oxygen atoms in total. The zero-order valence-electron chi connectivity index (χ0n) is 14.4. The maximum absolute atomic E-state index is 12.3. The van der Waals surface area contributed by atoms with Gasteiger partial charge in [0.15, 0.2) is 0 Å². The summed E-state index contributed by atoms with van der Waals surface area (Å²) < 4.78 is 5.18. The molecule has 1 amide bonds. The molecule has 0 saturated carbocycles. The van der Waals surface area contributed by atoms with Crippen LogP contribution < -0.4 is 16.4 Å². The van der Waals surface area contributed by atoms with Crippen LogP contribution in [0.2, 0.25) is 0 Å². The lowest BCUT2D eigenvalue weighted by Crippen LogP contribution is -2.69. The van der Waals surface area contributed by atoms with Crippen molar-refractivity contribution in [2.24, 2.45) is 0 Å². The molecule has 0 aromatic heterocycles. The number of benzene rings is 2. The number of carbonyl (C=O) groups excluding carboxylic acids is 1. The van der Waals surface area contributed by atoms with Gasteiger partial charge in [-0.1, -0.05) is 42.5 Å². The fourth-order valence-corrected chi connectivity index (χ4v) is 2.62. The van der Waals surface area contributed by atoms with Gasteiger partial charge in [0.2, 0.25) is 0 Å². The molecule has 28 heavy (non-hydrogen) atoms. The van der Waals surface area contributed by atoms with E-state index in [0.29, 0.717) is 5.56 Å². The third kappa shape index (κ3) is 4.40. The summed E-state index contributed by atoms with van der Waals surface area (Å²) in [6, 6.07) is 12.4. The number of carboxylic acids is 1. The van der Waals surface area contributed by atoms with Gasteiger partial charge in [0.25, 0.3) is 5.69 Å². The lowest BCUT2D eigenvalue weighted by atomic mass is 10.00. The Labute approximate surface area is 159 Å². The maximum Gasteiger partial charge on any atom is 0.440 e. The molecule has 0 radical (unpaired) electrons. The lowest BCUT2D eigenvalue weighted by molar-refractivity contribution is -0.384. The fourth-order valence-electron chi connectivity index (χ4n) is 2.62. The maximum atomic E-state index is 12.3. The molecule has 0 bridgehead atoms. The third-order valence-electron chi connectivity index (χ3n) is 4.05. The highest BCUT2D eigenvalue weighted by Gasteiger charge is 2.37. The zero-order valence-corrected chi connectivity index (χ0v) is 14.4. The summed E-state index contributed by atoms with van der Waals surface area (Å²) >= 11 is 0. The van der Waals surface area contributed by atoms with Gasteiger partial charge in [0, 0.05) is 12.1 Å². The Morgan fingerprint density at radius 3 is 2.43 bits per heavy atom. The molecule has 0 spiro atoms. The molecule has 3 rings (SSSR count). The average molecular weight is 387 g/mol. The van der Waals surface area contributed by atoms with Crippen molar-refractivity contribution in [2.45, 2.75) is 18.7 Å². The minimum atomic E-state index is -1.18. The van der Waals surface area contributed by atoms with Crippen molar-refractivity contribution in [1.29, 1.82) is 0 Å². The van der Waals surface area contributed by atoms with Gasteiger partial charge in [0.1, 0.15) is 12.6 Å². The largest absolute Gasteiger partial charge is 0.480 e. The first-order chi connectivity index (χ1) is 13.5. The second-order valence-corrected chi connectivity index (χ2v) is 5.90. The first kappa shape index (κ1) is 19.2. The molecule has 4 N–H and O–H groups in total. The van der Waals surface area contributed by atoms with Crippen molar-refractivity contribution in [1.82, 2.24) is 21.5 Å². The van der Waals surface area contributed by atoms with Crippen LogP contribution in [0.1, 0.15) is 17.2 Å². The van der Waals surface area contributed by atoms with E-state index in [0.717, 1.165) is 10.7 Å². The van der Waals surface area contributed by atoms with Gasteiger partial charge in [-0.3, -0.25) is 14.9 Å². The van der Waals surface area contributed by atoms with Crippen LogP contribution in [0.15, 0.2) is 54.6 Å². The summed E-state index contributed by atoms with van der Waals surface area (Å²) in [6.07, 6.45) is -0.785. The fraction of sp³-hybridized carbons (Fsp3) is 0.176. The highest BCUT2D eigenvalue weighted by Crippen LogP contribution is 2.22. The molecule has 11 heteroatoms. The number of hydrogen-bond acceptors (Lipinski definition) is 8. The summed E-state index contributed by atoms with van der Waals surface area (Å²) in [5.41, 5.74) is 8.76. The normalized spacial score (nSPS) is 19.1. The molecule has 0 aliphatic carbocycles. The van der Waals surface area contributed by atoms with E-state index in [-0.39, 0.29) is 12.3 Å². The number of nitrogens with zero attached hydrogens (tertiary/aromatic N) is 2. The van der Waals surface area contributed by atoms with Gasteiger partial charge < -0.3 is 9.84 Å². The predicted octanol–water partition coefficient (Wildman–Crippen LogP) is 1.26. The van der Waals surface area contributed by atoms with Gasteiger partial charge in [-0.05, 0) is 11.1 Å². The highest BCUT2D eigenvalue weighted by molar-refractivity contribution is 5.75. The number of nitrogens with one attached hydrogen (secondary N) is 3. The monoisotopic (exact) mass is 387 g/mol. The van der Waals surface area contributed by atoms with Crippen LogP contribution in [-0.4, -0.2) is 33.3 Å². The second-order valence-electron chi connectivity index (χ2n) is 5.90. The van der Waals surface area contributed by atoms with E-state index in [2.05, 4.69) is 16.4 Å². The Morgan fingerprint density at radius 2 is 1.82 bits per heavy atom. The quantitative estimate of drug-likeness (QED) is 0.440. The number of nitro groups is 1. The molecule has 1 saturated heterocycles. The Balaban J connectivity index is 1.71. The molecule has 1 aliphatic rings. The summed E-state index contributed by atoms with van der Waals surface area (Å²) in [7, 11) is 0. The van der Waals surface area contributed by atoms with Crippen LogP contribution in [-0.2, 0) is 16.1 Å². The molecule has 1 aliphatic heterocycles. The zero-order chi connectivity index (χ0) is 20.1. The Bertz CT molecular complexity index is 860. The van der Waals surface area contributed by atoms with E-state index >= 15 is 0 Å². The average Bonchev–Trinajstić information content (AvgIpc) is 2.72. The van der Waals surface area contributed by atoms with Gasteiger partial charge in [0.05, 0.1) is 11.0 Å². The number of carbonyl (C=O) groups is 2. The smallest absolute Gasteiger partial charge is 0.440 e. The van der Waals surface area contributed by atoms with Gasteiger partial charge >= 0.3 is 12.1 Å². The van der Waals surface area contributed by atoms with Crippen LogP contribution in [0, 0.1) is 10.1 Å². The number of nitro benzene ring substituents is 1. The van der Waals surface area contributed by atoms with Crippen molar-refractivity contribution in [3.05, 3.63) is 75.8 Å². The van der Waals surface area contributed by atoms with Crippen LogP contribution in [0.5, 0.6) is 0 Å². The summed E-state index contributed by atoms with van der Waals surface area (Å²) in [5, 5.41) is 21.1. The Morgan fingerprint density at radius 1 is 1.14 bits per heavy atom. The molecular weight excluding hydrogens is 370 g/mol. The number of non-ortho nitro benzene ring substituents is 1. The highest BCUT2D eigenvalue weighted by atomic mass is 16.6. The molecule has 146 valence electrons. The number of hydrogen-bond donors (Lipinski definition) is 4. The van der Waals surface area contributed by atoms with Gasteiger partial charge in [-0.2, -0.15) is 5.12 Å². The molecule has 1 heterocycles. The van der Waals surface area contributed by atoms with E-state index in [9.17, 15) is 24.8 Å². The molecule has 2 aromatic carbocycles. The summed E-state index contributed by atoms with van der Waals surface area (Å²) in [5.74, 6) is -1.18. The van der Waals surface area contributed by atoms with E-state index in [1.165, 1.54) is 24.3 Å². The van der Waals surface area contributed by atoms with Crippen LogP contribution >= 0.6 is 0 Å². The summed E-state index contributed by atoms with van der Waals surface area (Å²) in [6.45, 7) is 0.0318. The first-order valence-corrected chi connectivity index (χ1v) is 8.21. The van der Waals surface area contributed by atoms with Crippen molar-refractivity contribution >= 4 is 17.7 Å². The second kappa shape index (κ2) is 8.43. The molecule has 1 fully saturated rings. The number of amides is 1. The Kier molecular flexibility index (Phi) is 5.79. The molecule has 2 unspecified atom stereocenters. The SMILES string of the molecule is O=C(O)C1NNN(C(=O)OCc2ccccc2)NC1c1ccc([N+](=O)[O-])cc1. The van der Waals surface area contributed by atoms with E-state index < -0.39 is 29.1 Å². The first-order valence-electron chi connectivity index (χ1n) is 8.21. The number of rotatable bonds is 5. The minimum Gasteiger partial charge on any atom is -0.480 e. The van der Waals surface area contributed by atoms with E-state index in [4.69, 9.17) is 4.74 Å². The number of hydrazine groups is 3. The number of aliphatic carboxylic acids is 1. The number of ether oxygens (including phenoxy) is 1. The van der Waals surface area contributed by atoms with E-state index in [1.807, 2.05) is 18.2 Å². The van der Waals surface area contributed by atoms with Crippen molar-refractivity contribution in [3.63, 3.8) is 0 Å². The van der Waals surface area contributed by atoms with E-state index in [1.54, 1.807) is 12.1 Å². The van der Waals surface area contributed by atoms with Crippen molar-refractivity contribution < 1.29 is 24.4 Å². The standard InChI is InChI=1S/C17H17N5O6/c23-16(24)15-14(12-6-8-13(9-7-12)22(26)27)19-21(20-18-15)17(25)28-10-11-4-2-1-3-5-11/h1-9,14-15,18-20H,10H2,(H,23,24). The van der Waals surface area contributed by atoms with Crippen molar-refractivity contribution in [2.75, 3.05) is 0 Å². The Hall–Kier alpha value is -3.54. The van der Waals surface area contributed by atoms with Crippen LogP contribution in [0.25, 0.3) is 0 Å².